The van der Waals surface area contributed by atoms with Gasteiger partial charge in [0.2, 0.25) is 0 Å². The molecular formula is C58H34OSe. The Bertz CT molecular complexity index is 3770. The van der Waals surface area contributed by atoms with E-state index in [2.05, 4.69) is 200 Å². The molecular weight excluding hydrogens is 792 g/mol. The predicted molar refractivity (Wildman–Crippen MR) is 257 cm³/mol. The summed E-state index contributed by atoms with van der Waals surface area (Å²) < 4.78 is 9.52. The summed E-state index contributed by atoms with van der Waals surface area (Å²) in [7, 11) is 0. The minimum absolute atomic E-state index is 0.148. The second-order valence-corrected chi connectivity index (χ2v) is 18.1. The van der Waals surface area contributed by atoms with Gasteiger partial charge in [-0.2, -0.15) is 0 Å². The molecule has 0 aliphatic heterocycles. The first-order valence-corrected chi connectivity index (χ1v) is 22.3. The third kappa shape index (κ3) is 4.87. The van der Waals surface area contributed by atoms with Crippen LogP contribution >= 0.6 is 0 Å². The van der Waals surface area contributed by atoms with Crippen LogP contribution in [-0.4, -0.2) is 14.5 Å². The van der Waals surface area contributed by atoms with Crippen molar-refractivity contribution in [2.75, 3.05) is 0 Å². The van der Waals surface area contributed by atoms with Crippen LogP contribution in [0.15, 0.2) is 211 Å². The van der Waals surface area contributed by atoms with E-state index < -0.39 is 0 Å². The van der Waals surface area contributed by atoms with Gasteiger partial charge in [-0.25, -0.2) is 0 Å². The fourth-order valence-corrected chi connectivity index (χ4v) is 12.7. The zero-order valence-corrected chi connectivity index (χ0v) is 34.2. The molecule has 0 aliphatic rings. The topological polar surface area (TPSA) is 13.1 Å². The van der Waals surface area contributed by atoms with Gasteiger partial charge in [-0.3, -0.25) is 0 Å². The van der Waals surface area contributed by atoms with Crippen molar-refractivity contribution in [1.29, 1.82) is 0 Å². The van der Waals surface area contributed by atoms with Gasteiger partial charge in [-0.05, 0) is 0 Å². The first-order chi connectivity index (χ1) is 29.8. The fourth-order valence-electron chi connectivity index (χ4n) is 10.2. The average Bonchev–Trinajstić information content (AvgIpc) is 3.89. The summed E-state index contributed by atoms with van der Waals surface area (Å²) in [5, 5.41) is 15.1. The summed E-state index contributed by atoms with van der Waals surface area (Å²) in [6.07, 6.45) is 0. The Morgan fingerprint density at radius 1 is 0.283 bits per heavy atom. The van der Waals surface area contributed by atoms with Crippen molar-refractivity contribution in [3.63, 3.8) is 0 Å². The van der Waals surface area contributed by atoms with Crippen LogP contribution in [0.5, 0.6) is 0 Å². The number of benzene rings is 11. The third-order valence-electron chi connectivity index (χ3n) is 12.7. The van der Waals surface area contributed by atoms with Gasteiger partial charge in [-0.1, -0.05) is 12.1 Å². The standard InChI is InChI=1S/C58H34OSe/c1-2-16-35(17-3-1)53-38-19-4-8-23-42(38)55(43-24-9-5-20-39(43)53)48-28-15-31-51-57(48)47-33-32-36(34-52(47)60-51)54-40-21-6-10-25-44(40)56(45-26-11-7-22-41(45)54)49-29-14-27-46-37-18-12-13-30-50(37)59-58(46)49/h1-34H. The molecule has 0 saturated carbocycles. The van der Waals surface area contributed by atoms with E-state index in [1.165, 1.54) is 101 Å². The number of rotatable bonds is 4. The molecule has 0 N–H and O–H groups in total. The van der Waals surface area contributed by atoms with Gasteiger partial charge in [0.25, 0.3) is 0 Å². The molecule has 2 heteroatoms. The van der Waals surface area contributed by atoms with E-state index >= 15 is 0 Å². The van der Waals surface area contributed by atoms with Crippen LogP contribution in [0.25, 0.3) is 129 Å². The average molecular weight is 826 g/mol. The van der Waals surface area contributed by atoms with E-state index in [-0.39, 0.29) is 14.5 Å². The van der Waals surface area contributed by atoms with Gasteiger partial charge < -0.3 is 0 Å². The summed E-state index contributed by atoms with van der Waals surface area (Å²) in [5.41, 5.74) is 11.9. The Balaban J connectivity index is 1.06. The SMILES string of the molecule is c1ccc(-c2c3ccccc3c(-c3cccc4[se]c5cc(-c6c7ccccc7c(-c7cccc8c7oc7ccccc78)c7ccccc67)ccc5c34)c3ccccc23)cc1. The molecule has 1 nitrogen and oxygen atoms in total. The molecule has 2 heterocycles. The quantitative estimate of drug-likeness (QED) is 0.127. The first kappa shape index (κ1) is 33.7. The van der Waals surface area contributed by atoms with Crippen LogP contribution in [0.2, 0.25) is 0 Å². The van der Waals surface area contributed by atoms with Crippen molar-refractivity contribution < 1.29 is 4.42 Å². The maximum atomic E-state index is 6.65. The van der Waals surface area contributed by atoms with Gasteiger partial charge >= 0.3 is 342 Å². The molecule has 13 aromatic rings. The van der Waals surface area contributed by atoms with Crippen LogP contribution in [-0.2, 0) is 0 Å². The van der Waals surface area contributed by atoms with Crippen LogP contribution in [0.4, 0.5) is 0 Å². The van der Waals surface area contributed by atoms with Crippen LogP contribution in [0.1, 0.15) is 0 Å². The summed E-state index contributed by atoms with van der Waals surface area (Å²) in [4.78, 5) is 0. The third-order valence-corrected chi connectivity index (χ3v) is 15.0. The van der Waals surface area contributed by atoms with Crippen LogP contribution in [0, 0.1) is 0 Å². The van der Waals surface area contributed by atoms with E-state index in [0.29, 0.717) is 0 Å². The van der Waals surface area contributed by atoms with Gasteiger partial charge in [0, 0.05) is 0 Å². The fraction of sp³-hybridized carbons (Fsp3) is 0. The molecule has 0 aliphatic carbocycles. The second-order valence-electron chi connectivity index (χ2n) is 15.8. The van der Waals surface area contributed by atoms with E-state index in [1.807, 2.05) is 6.07 Å². The Kier molecular flexibility index (Phi) is 7.39. The normalized spacial score (nSPS) is 12.0. The number of fused-ring (bicyclic) bond motifs is 10. The summed E-state index contributed by atoms with van der Waals surface area (Å²) in [6.45, 7) is 0. The predicted octanol–water partition coefficient (Wildman–Crippen LogP) is 16.2. The summed E-state index contributed by atoms with van der Waals surface area (Å²) >= 11 is 0.148. The Hall–Kier alpha value is -7.22. The monoisotopic (exact) mass is 826 g/mol. The molecule has 0 radical (unpaired) electrons. The molecule has 0 atom stereocenters. The van der Waals surface area contributed by atoms with Crippen molar-refractivity contribution in [3.8, 4) is 44.5 Å². The molecule has 13 rings (SSSR count). The van der Waals surface area contributed by atoms with Crippen molar-refractivity contribution in [2.24, 2.45) is 0 Å². The van der Waals surface area contributed by atoms with E-state index in [9.17, 15) is 0 Å². The Morgan fingerprint density at radius 2 is 0.750 bits per heavy atom. The van der Waals surface area contributed by atoms with Crippen molar-refractivity contribution in [3.05, 3.63) is 206 Å². The second kappa shape index (κ2) is 13.1. The van der Waals surface area contributed by atoms with E-state index in [4.69, 9.17) is 4.42 Å². The van der Waals surface area contributed by atoms with Crippen LogP contribution in [0.3, 0.4) is 0 Å². The van der Waals surface area contributed by atoms with Gasteiger partial charge in [0.05, 0.1) is 0 Å². The maximum absolute atomic E-state index is 6.65. The molecule has 278 valence electrons. The van der Waals surface area contributed by atoms with Crippen molar-refractivity contribution in [2.45, 2.75) is 0 Å². The van der Waals surface area contributed by atoms with Crippen LogP contribution < -0.4 is 0 Å². The number of para-hydroxylation sites is 2. The van der Waals surface area contributed by atoms with Crippen molar-refractivity contribution >= 4 is 98.8 Å². The van der Waals surface area contributed by atoms with Gasteiger partial charge in [0.1, 0.15) is 0 Å². The van der Waals surface area contributed by atoms with Crippen molar-refractivity contribution in [1.82, 2.24) is 0 Å². The minimum atomic E-state index is 0.148. The zero-order chi connectivity index (χ0) is 39.3. The Labute approximate surface area is 352 Å². The van der Waals surface area contributed by atoms with E-state index in [0.717, 1.165) is 27.5 Å². The van der Waals surface area contributed by atoms with Gasteiger partial charge in [0.15, 0.2) is 0 Å². The molecule has 11 aromatic carbocycles. The number of hydrogen-bond acceptors (Lipinski definition) is 1. The molecule has 0 unspecified atom stereocenters. The molecule has 0 bridgehead atoms. The number of furan rings is 1. The van der Waals surface area contributed by atoms with E-state index in [1.54, 1.807) is 0 Å². The van der Waals surface area contributed by atoms with Gasteiger partial charge in [-0.15, -0.1) is 0 Å². The number of hydrogen-bond donors (Lipinski definition) is 0. The molecule has 2 aromatic heterocycles. The molecule has 0 spiro atoms. The molecule has 0 fully saturated rings. The molecule has 60 heavy (non-hydrogen) atoms. The molecule has 0 saturated heterocycles. The summed E-state index contributed by atoms with van der Waals surface area (Å²) in [5.74, 6) is 0. The Morgan fingerprint density at radius 3 is 1.37 bits per heavy atom. The molecule has 0 amide bonds. The zero-order valence-electron chi connectivity index (χ0n) is 32.4. The summed E-state index contributed by atoms with van der Waals surface area (Å²) in [6, 6.07) is 76.0. The first-order valence-electron chi connectivity index (χ1n) is 20.6.